The van der Waals surface area contributed by atoms with Gasteiger partial charge in [0, 0.05) is 6.20 Å². The molecular weight excluding hydrogens is 248 g/mol. The van der Waals surface area contributed by atoms with Gasteiger partial charge in [0.05, 0.1) is 36.5 Å². The molecule has 7 nitrogen and oxygen atoms in total. The number of amides is 1. The summed E-state index contributed by atoms with van der Waals surface area (Å²) >= 11 is 0. The molecule has 1 aliphatic heterocycles. The maximum absolute atomic E-state index is 12.1. The second kappa shape index (κ2) is 4.94. The second-order valence-corrected chi connectivity index (χ2v) is 4.33. The zero-order valence-electron chi connectivity index (χ0n) is 10.4. The van der Waals surface area contributed by atoms with Crippen LogP contribution in [0.25, 0.3) is 11.0 Å². The van der Waals surface area contributed by atoms with Gasteiger partial charge < -0.3 is 14.5 Å². The molecule has 0 spiro atoms. The fraction of sp³-hybridized carbons (Fsp3) is 0.417. The Morgan fingerprint density at radius 1 is 1.47 bits per heavy atom. The van der Waals surface area contributed by atoms with E-state index in [0.29, 0.717) is 19.2 Å². The number of nitrogens with one attached hydrogen (secondary N) is 2. The topological polar surface area (TPSA) is 89.1 Å². The maximum Gasteiger partial charge on any atom is 0.258 e. The number of rotatable bonds is 2. The number of pyridine rings is 1. The summed E-state index contributed by atoms with van der Waals surface area (Å²) in [6.45, 7) is 2.75. The molecule has 1 saturated heterocycles. The van der Waals surface area contributed by atoms with E-state index in [-0.39, 0.29) is 12.0 Å². The lowest BCUT2D eigenvalue weighted by atomic mass is 10.2. The van der Waals surface area contributed by atoms with Crippen molar-refractivity contribution < 1.29 is 14.3 Å². The molecule has 2 N–H and O–H groups in total. The fourth-order valence-corrected chi connectivity index (χ4v) is 2.02. The van der Waals surface area contributed by atoms with Crippen molar-refractivity contribution in [2.24, 2.45) is 0 Å². The molecule has 0 saturated carbocycles. The molecule has 0 aliphatic carbocycles. The maximum atomic E-state index is 12.1. The number of H-pyrrole nitrogens is 1. The molecule has 3 rings (SSSR count). The van der Waals surface area contributed by atoms with Crippen LogP contribution < -0.4 is 5.32 Å². The van der Waals surface area contributed by atoms with E-state index in [0.717, 1.165) is 11.0 Å². The van der Waals surface area contributed by atoms with E-state index in [4.69, 9.17) is 9.47 Å². The number of carbonyl (C=O) groups excluding carboxylic acids is 1. The highest BCUT2D eigenvalue weighted by atomic mass is 16.6. The van der Waals surface area contributed by atoms with Crippen molar-refractivity contribution in [2.45, 2.75) is 19.1 Å². The summed E-state index contributed by atoms with van der Waals surface area (Å²) in [4.78, 5) is 23.3. The molecule has 0 radical (unpaired) electrons. The van der Waals surface area contributed by atoms with E-state index in [2.05, 4.69) is 20.3 Å². The number of aromatic amines is 1. The average Bonchev–Trinajstić information content (AvgIpc) is 2.81. The fourth-order valence-electron chi connectivity index (χ4n) is 2.02. The minimum absolute atomic E-state index is 0.264. The average molecular weight is 262 g/mol. The first kappa shape index (κ1) is 12.1. The summed E-state index contributed by atoms with van der Waals surface area (Å²) in [5.74, 6) is 0.119. The van der Waals surface area contributed by atoms with Gasteiger partial charge in [0.2, 0.25) is 5.95 Å². The first-order chi connectivity index (χ1) is 9.24. The van der Waals surface area contributed by atoms with Gasteiger partial charge in [-0.15, -0.1) is 0 Å². The van der Waals surface area contributed by atoms with Crippen LogP contribution in [0.2, 0.25) is 0 Å². The largest absolute Gasteiger partial charge is 0.373 e. The van der Waals surface area contributed by atoms with Gasteiger partial charge in [-0.05, 0) is 13.0 Å². The predicted molar refractivity (Wildman–Crippen MR) is 67.7 cm³/mol. The summed E-state index contributed by atoms with van der Waals surface area (Å²) in [5, 5.41) is 2.69. The van der Waals surface area contributed by atoms with Crippen LogP contribution in [-0.2, 0) is 14.3 Å². The van der Waals surface area contributed by atoms with E-state index in [9.17, 15) is 4.79 Å². The van der Waals surface area contributed by atoms with Crippen LogP contribution in [0.5, 0.6) is 0 Å². The van der Waals surface area contributed by atoms with Crippen molar-refractivity contribution in [3.63, 3.8) is 0 Å². The molecule has 19 heavy (non-hydrogen) atoms. The smallest absolute Gasteiger partial charge is 0.258 e. The molecule has 1 amide bonds. The van der Waals surface area contributed by atoms with Crippen molar-refractivity contribution in [3.8, 4) is 0 Å². The van der Waals surface area contributed by atoms with E-state index in [1.165, 1.54) is 0 Å². The Morgan fingerprint density at radius 3 is 3.11 bits per heavy atom. The number of carbonyl (C=O) groups is 1. The summed E-state index contributed by atoms with van der Waals surface area (Å²) in [6.07, 6.45) is 2.43. The van der Waals surface area contributed by atoms with Gasteiger partial charge in [0.15, 0.2) is 6.10 Å². The van der Waals surface area contributed by atoms with Gasteiger partial charge in [-0.25, -0.2) is 4.98 Å². The van der Waals surface area contributed by atoms with Crippen LogP contribution in [0.15, 0.2) is 18.5 Å². The highest BCUT2D eigenvalue weighted by Gasteiger charge is 2.30. The van der Waals surface area contributed by atoms with Gasteiger partial charge in [-0.3, -0.25) is 15.1 Å². The first-order valence-electron chi connectivity index (χ1n) is 6.08. The molecule has 7 heteroatoms. The number of anilines is 1. The predicted octanol–water partition coefficient (Wildman–Crippen LogP) is 0.700. The van der Waals surface area contributed by atoms with Gasteiger partial charge in [0.1, 0.15) is 0 Å². The second-order valence-electron chi connectivity index (χ2n) is 4.33. The lowest BCUT2D eigenvalue weighted by Crippen LogP contribution is -2.44. The van der Waals surface area contributed by atoms with Gasteiger partial charge in [0.25, 0.3) is 5.91 Å². The van der Waals surface area contributed by atoms with Crippen molar-refractivity contribution in [3.05, 3.63) is 18.5 Å². The van der Waals surface area contributed by atoms with Crippen LogP contribution in [0, 0.1) is 0 Å². The van der Waals surface area contributed by atoms with Crippen molar-refractivity contribution in [1.29, 1.82) is 0 Å². The Balaban J connectivity index is 1.75. The Hall–Kier alpha value is -1.99. The molecule has 1 aliphatic rings. The normalized spacial score (nSPS) is 23.4. The molecule has 0 aromatic carbocycles. The monoisotopic (exact) mass is 262 g/mol. The minimum atomic E-state index is -0.611. The minimum Gasteiger partial charge on any atom is -0.373 e. The number of imidazole rings is 1. The van der Waals surface area contributed by atoms with Crippen LogP contribution in [0.3, 0.4) is 0 Å². The summed E-state index contributed by atoms with van der Waals surface area (Å²) in [7, 11) is 0. The molecule has 100 valence electrons. The lowest BCUT2D eigenvalue weighted by Gasteiger charge is -2.27. The molecule has 3 heterocycles. The van der Waals surface area contributed by atoms with Gasteiger partial charge in [-0.2, -0.15) is 0 Å². The number of fused-ring (bicyclic) bond motifs is 1. The van der Waals surface area contributed by atoms with Crippen molar-refractivity contribution >= 4 is 22.9 Å². The summed E-state index contributed by atoms with van der Waals surface area (Å²) < 4.78 is 10.8. The quantitative estimate of drug-likeness (QED) is 0.831. The SMILES string of the molecule is C[C@@H]1OCCO[C@@H]1C(=O)Nc1nc2ccncc2[nH]1. The van der Waals surface area contributed by atoms with Crippen LogP contribution >= 0.6 is 0 Å². The van der Waals surface area contributed by atoms with E-state index in [1.54, 1.807) is 18.5 Å². The third-order valence-corrected chi connectivity index (χ3v) is 2.97. The molecule has 2 atom stereocenters. The number of nitrogens with zero attached hydrogens (tertiary/aromatic N) is 2. The standard InChI is InChI=1S/C12H14N4O3/c1-7-10(19-5-4-18-7)11(17)16-12-14-8-2-3-13-6-9(8)15-12/h2-3,6-7,10H,4-5H2,1H3,(H2,14,15,16,17)/t7-,10-/m0/s1. The Bertz CT molecular complexity index is 564. The molecule has 2 aromatic heterocycles. The van der Waals surface area contributed by atoms with Crippen LogP contribution in [-0.4, -0.2) is 46.3 Å². The van der Waals surface area contributed by atoms with Crippen LogP contribution in [0.1, 0.15) is 6.92 Å². The zero-order valence-corrected chi connectivity index (χ0v) is 10.4. The summed E-state index contributed by atoms with van der Waals surface area (Å²) in [5.41, 5.74) is 1.52. The van der Waals surface area contributed by atoms with E-state index >= 15 is 0 Å². The summed E-state index contributed by atoms with van der Waals surface area (Å²) in [6, 6.07) is 1.77. The van der Waals surface area contributed by atoms with Crippen molar-refractivity contribution in [1.82, 2.24) is 15.0 Å². The van der Waals surface area contributed by atoms with Gasteiger partial charge >= 0.3 is 0 Å². The first-order valence-corrected chi connectivity index (χ1v) is 6.08. The Kier molecular flexibility index (Phi) is 3.14. The lowest BCUT2D eigenvalue weighted by molar-refractivity contribution is -0.157. The number of aromatic nitrogens is 3. The highest BCUT2D eigenvalue weighted by Crippen LogP contribution is 2.15. The molecule has 0 bridgehead atoms. The number of hydrogen-bond donors (Lipinski definition) is 2. The molecule has 2 aromatic rings. The Labute approximate surface area is 109 Å². The molecule has 0 unspecified atom stereocenters. The van der Waals surface area contributed by atoms with E-state index < -0.39 is 6.10 Å². The van der Waals surface area contributed by atoms with Crippen LogP contribution in [0.4, 0.5) is 5.95 Å². The van der Waals surface area contributed by atoms with E-state index in [1.807, 2.05) is 6.92 Å². The van der Waals surface area contributed by atoms with Crippen molar-refractivity contribution in [2.75, 3.05) is 18.5 Å². The van der Waals surface area contributed by atoms with Gasteiger partial charge in [-0.1, -0.05) is 0 Å². The molecule has 1 fully saturated rings. The third-order valence-electron chi connectivity index (χ3n) is 2.97. The molecular formula is C12H14N4O3. The Morgan fingerprint density at radius 2 is 2.32 bits per heavy atom. The number of ether oxygens (including phenoxy) is 2. The zero-order chi connectivity index (χ0) is 13.2. The number of hydrogen-bond acceptors (Lipinski definition) is 5. The third kappa shape index (κ3) is 2.42. The highest BCUT2D eigenvalue weighted by molar-refractivity contribution is 5.94.